The first-order chi connectivity index (χ1) is 15.4. The summed E-state index contributed by atoms with van der Waals surface area (Å²) in [4.78, 5) is 43.1. The summed E-state index contributed by atoms with van der Waals surface area (Å²) in [6.45, 7) is 4.72. The SMILES string of the molecule is COc1ccc(N2CN(C(=O)CN(CC(C)C)C(=O)CCc3ccccc3)CC2=O)cc1. The first kappa shape index (κ1) is 23.3. The Hall–Kier alpha value is -3.35. The minimum atomic E-state index is -0.219. The van der Waals surface area contributed by atoms with Gasteiger partial charge in [-0.1, -0.05) is 44.2 Å². The van der Waals surface area contributed by atoms with Crippen LogP contribution in [0.2, 0.25) is 0 Å². The van der Waals surface area contributed by atoms with Crippen LogP contribution >= 0.6 is 0 Å². The summed E-state index contributed by atoms with van der Waals surface area (Å²) in [5.41, 5.74) is 1.81. The van der Waals surface area contributed by atoms with Crippen molar-refractivity contribution in [3.63, 3.8) is 0 Å². The zero-order valence-corrected chi connectivity index (χ0v) is 19.0. The second-order valence-electron chi connectivity index (χ2n) is 8.41. The monoisotopic (exact) mass is 437 g/mol. The number of ether oxygens (including phenoxy) is 1. The molecule has 1 aliphatic rings. The molecular formula is C25H31N3O4. The molecule has 2 aromatic carbocycles. The molecule has 7 heteroatoms. The van der Waals surface area contributed by atoms with Crippen molar-refractivity contribution in [2.45, 2.75) is 26.7 Å². The third kappa shape index (κ3) is 6.09. The van der Waals surface area contributed by atoms with Crippen molar-refractivity contribution in [3.05, 3.63) is 60.2 Å². The van der Waals surface area contributed by atoms with E-state index in [2.05, 4.69) is 0 Å². The molecule has 170 valence electrons. The van der Waals surface area contributed by atoms with Crippen molar-refractivity contribution >= 4 is 23.4 Å². The normalized spacial score (nSPS) is 13.6. The highest BCUT2D eigenvalue weighted by Gasteiger charge is 2.33. The van der Waals surface area contributed by atoms with E-state index in [1.165, 1.54) is 4.90 Å². The van der Waals surface area contributed by atoms with Gasteiger partial charge in [-0.15, -0.1) is 0 Å². The summed E-state index contributed by atoms with van der Waals surface area (Å²) in [6, 6.07) is 17.0. The molecule has 0 unspecified atom stereocenters. The predicted octanol–water partition coefficient (Wildman–Crippen LogP) is 2.95. The fourth-order valence-corrected chi connectivity index (χ4v) is 3.72. The van der Waals surface area contributed by atoms with Crippen molar-refractivity contribution < 1.29 is 19.1 Å². The second kappa shape index (κ2) is 10.8. The lowest BCUT2D eigenvalue weighted by Crippen LogP contribution is -2.44. The number of aryl methyl sites for hydroxylation is 1. The highest BCUT2D eigenvalue weighted by atomic mass is 16.5. The highest BCUT2D eigenvalue weighted by Crippen LogP contribution is 2.22. The summed E-state index contributed by atoms with van der Waals surface area (Å²) in [7, 11) is 1.58. The molecule has 1 heterocycles. The summed E-state index contributed by atoms with van der Waals surface area (Å²) in [6.07, 6.45) is 0.983. The number of hydrogen-bond donors (Lipinski definition) is 0. The average molecular weight is 438 g/mol. The zero-order valence-electron chi connectivity index (χ0n) is 19.0. The van der Waals surface area contributed by atoms with Gasteiger partial charge in [0.25, 0.3) is 0 Å². The number of rotatable bonds is 9. The van der Waals surface area contributed by atoms with Gasteiger partial charge in [0.05, 0.1) is 13.7 Å². The Morgan fingerprint density at radius 2 is 1.75 bits per heavy atom. The first-order valence-electron chi connectivity index (χ1n) is 10.9. The van der Waals surface area contributed by atoms with Crippen molar-refractivity contribution in [2.75, 3.05) is 38.3 Å². The number of amides is 3. The van der Waals surface area contributed by atoms with Gasteiger partial charge in [0, 0.05) is 18.7 Å². The van der Waals surface area contributed by atoms with Crippen LogP contribution in [0.15, 0.2) is 54.6 Å². The molecule has 0 bridgehead atoms. The summed E-state index contributed by atoms with van der Waals surface area (Å²) in [5.74, 6) is 0.525. The Balaban J connectivity index is 1.61. The molecule has 0 aliphatic carbocycles. The predicted molar refractivity (Wildman–Crippen MR) is 123 cm³/mol. The maximum Gasteiger partial charge on any atom is 0.248 e. The van der Waals surface area contributed by atoms with Crippen LogP contribution in [0.25, 0.3) is 0 Å². The van der Waals surface area contributed by atoms with E-state index in [9.17, 15) is 14.4 Å². The van der Waals surface area contributed by atoms with Crippen molar-refractivity contribution in [2.24, 2.45) is 5.92 Å². The number of hydrogen-bond acceptors (Lipinski definition) is 4. The Morgan fingerprint density at radius 1 is 1.06 bits per heavy atom. The van der Waals surface area contributed by atoms with Gasteiger partial charge >= 0.3 is 0 Å². The molecule has 0 N–H and O–H groups in total. The Labute approximate surface area is 189 Å². The maximum absolute atomic E-state index is 13.0. The standard InChI is InChI=1S/C25H31N3O4/c1-19(2)15-26(23(29)14-9-20-7-5-4-6-8-20)16-24(30)27-17-25(31)28(18-27)21-10-12-22(32-3)13-11-21/h4-8,10-13,19H,9,14-18H2,1-3H3. The highest BCUT2D eigenvalue weighted by molar-refractivity contribution is 6.00. The van der Waals surface area contributed by atoms with Crippen LogP contribution in [0, 0.1) is 5.92 Å². The smallest absolute Gasteiger partial charge is 0.248 e. The fraction of sp³-hybridized carbons (Fsp3) is 0.400. The third-order valence-corrected chi connectivity index (χ3v) is 5.41. The van der Waals surface area contributed by atoms with Crippen LogP contribution in [0.5, 0.6) is 5.75 Å². The van der Waals surface area contributed by atoms with Crippen LogP contribution in [-0.2, 0) is 20.8 Å². The van der Waals surface area contributed by atoms with Gasteiger partial charge in [-0.2, -0.15) is 0 Å². The Kier molecular flexibility index (Phi) is 7.87. The molecule has 0 atom stereocenters. The van der Waals surface area contributed by atoms with Crippen LogP contribution in [0.4, 0.5) is 5.69 Å². The van der Waals surface area contributed by atoms with E-state index in [0.29, 0.717) is 30.8 Å². The molecule has 3 amide bonds. The fourth-order valence-electron chi connectivity index (χ4n) is 3.72. The van der Waals surface area contributed by atoms with Gasteiger partial charge < -0.3 is 14.5 Å². The first-order valence-corrected chi connectivity index (χ1v) is 10.9. The van der Waals surface area contributed by atoms with Crippen molar-refractivity contribution in [3.8, 4) is 5.75 Å². The molecule has 3 rings (SSSR count). The largest absolute Gasteiger partial charge is 0.497 e. The molecule has 32 heavy (non-hydrogen) atoms. The Bertz CT molecular complexity index is 928. The van der Waals surface area contributed by atoms with Gasteiger partial charge in [-0.25, -0.2) is 0 Å². The van der Waals surface area contributed by atoms with Gasteiger partial charge in [-0.05, 0) is 42.2 Å². The molecule has 1 fully saturated rings. The summed E-state index contributed by atoms with van der Waals surface area (Å²) < 4.78 is 5.16. The minimum absolute atomic E-state index is 0.0125. The van der Waals surface area contributed by atoms with Gasteiger partial charge in [0.1, 0.15) is 19.0 Å². The van der Waals surface area contributed by atoms with Crippen LogP contribution in [-0.4, -0.2) is 60.9 Å². The minimum Gasteiger partial charge on any atom is -0.497 e. The molecule has 0 aromatic heterocycles. The van der Waals surface area contributed by atoms with Crippen molar-refractivity contribution in [1.82, 2.24) is 9.80 Å². The summed E-state index contributed by atoms with van der Waals surface area (Å²) in [5, 5.41) is 0. The third-order valence-electron chi connectivity index (χ3n) is 5.41. The van der Waals surface area contributed by atoms with Gasteiger partial charge in [-0.3, -0.25) is 19.3 Å². The molecule has 0 saturated carbocycles. The maximum atomic E-state index is 13.0. The lowest BCUT2D eigenvalue weighted by atomic mass is 10.1. The second-order valence-corrected chi connectivity index (χ2v) is 8.41. The number of methoxy groups -OCH3 is 1. The molecule has 7 nitrogen and oxygen atoms in total. The lowest BCUT2D eigenvalue weighted by molar-refractivity contribution is -0.140. The number of nitrogens with zero attached hydrogens (tertiary/aromatic N) is 3. The average Bonchev–Trinajstić information content (AvgIpc) is 3.19. The zero-order chi connectivity index (χ0) is 23.1. The molecule has 2 aromatic rings. The lowest BCUT2D eigenvalue weighted by Gasteiger charge is -2.26. The van der Waals surface area contributed by atoms with Crippen molar-refractivity contribution in [1.29, 1.82) is 0 Å². The van der Waals surface area contributed by atoms with E-state index in [-0.39, 0.29) is 43.4 Å². The number of carbonyl (C=O) groups excluding carboxylic acids is 3. The topological polar surface area (TPSA) is 70.2 Å². The molecule has 0 spiro atoms. The van der Waals surface area contributed by atoms with E-state index in [1.54, 1.807) is 41.2 Å². The van der Waals surface area contributed by atoms with E-state index in [0.717, 1.165) is 5.56 Å². The van der Waals surface area contributed by atoms with Crippen LogP contribution < -0.4 is 9.64 Å². The van der Waals surface area contributed by atoms with Gasteiger partial charge in [0.2, 0.25) is 17.7 Å². The number of carbonyl (C=O) groups is 3. The number of anilines is 1. The van der Waals surface area contributed by atoms with E-state index < -0.39 is 0 Å². The van der Waals surface area contributed by atoms with Crippen LogP contribution in [0.1, 0.15) is 25.8 Å². The quantitative estimate of drug-likeness (QED) is 0.605. The molecule has 1 aliphatic heterocycles. The Morgan fingerprint density at radius 3 is 2.38 bits per heavy atom. The molecule has 0 radical (unpaired) electrons. The van der Waals surface area contributed by atoms with Gasteiger partial charge in [0.15, 0.2) is 0 Å². The van der Waals surface area contributed by atoms with E-state index in [4.69, 9.17) is 4.74 Å². The summed E-state index contributed by atoms with van der Waals surface area (Å²) >= 11 is 0. The van der Waals surface area contributed by atoms with Crippen LogP contribution in [0.3, 0.4) is 0 Å². The van der Waals surface area contributed by atoms with E-state index >= 15 is 0 Å². The molecular weight excluding hydrogens is 406 g/mol. The molecule has 1 saturated heterocycles. The van der Waals surface area contributed by atoms with E-state index in [1.807, 2.05) is 44.2 Å². The number of benzene rings is 2.